The molecule has 0 saturated carbocycles. The maximum absolute atomic E-state index is 11.8. The number of piperazine rings is 1. The van der Waals surface area contributed by atoms with Crippen LogP contribution in [0, 0.1) is 0 Å². The van der Waals surface area contributed by atoms with E-state index in [0.29, 0.717) is 6.54 Å². The molecule has 2 fully saturated rings. The number of sulfone groups is 1. The van der Waals surface area contributed by atoms with Crippen molar-refractivity contribution in [3.8, 4) is 0 Å². The SMILES string of the molecule is O=C(CN1CCNCC1)NC1CS(=O)(=O)CC1Cl. The van der Waals surface area contributed by atoms with Gasteiger partial charge in [-0.25, -0.2) is 8.42 Å². The van der Waals surface area contributed by atoms with Crippen LogP contribution in [0.15, 0.2) is 0 Å². The molecule has 18 heavy (non-hydrogen) atoms. The summed E-state index contributed by atoms with van der Waals surface area (Å²) in [6.07, 6.45) is 0. The lowest BCUT2D eigenvalue weighted by Crippen LogP contribution is -2.50. The average Bonchev–Trinajstić information content (AvgIpc) is 2.53. The first-order valence-electron chi connectivity index (χ1n) is 6.03. The van der Waals surface area contributed by atoms with Crippen molar-refractivity contribution in [2.45, 2.75) is 11.4 Å². The Bertz CT molecular complexity index is 409. The Morgan fingerprint density at radius 3 is 2.56 bits per heavy atom. The van der Waals surface area contributed by atoms with E-state index in [2.05, 4.69) is 10.6 Å². The minimum atomic E-state index is -3.09. The number of hydrogen-bond acceptors (Lipinski definition) is 5. The molecule has 0 aromatic carbocycles. The molecular formula is C10H18ClN3O3S. The number of alkyl halides is 1. The Kier molecular flexibility index (Phi) is 4.47. The van der Waals surface area contributed by atoms with Crippen LogP contribution in [0.5, 0.6) is 0 Å². The van der Waals surface area contributed by atoms with E-state index in [9.17, 15) is 13.2 Å². The predicted molar refractivity (Wildman–Crippen MR) is 69.5 cm³/mol. The standard InChI is InChI=1S/C10H18ClN3O3S/c11-8-6-18(16,17)7-9(8)13-10(15)5-14-3-1-12-2-4-14/h8-9,12H,1-7H2,(H,13,15). The van der Waals surface area contributed by atoms with Crippen LogP contribution >= 0.6 is 11.6 Å². The van der Waals surface area contributed by atoms with Crippen molar-refractivity contribution in [2.75, 3.05) is 44.2 Å². The molecule has 2 heterocycles. The highest BCUT2D eigenvalue weighted by Gasteiger charge is 2.37. The smallest absolute Gasteiger partial charge is 0.234 e. The average molecular weight is 296 g/mol. The molecule has 2 unspecified atom stereocenters. The summed E-state index contributed by atoms with van der Waals surface area (Å²) in [6.45, 7) is 3.73. The van der Waals surface area contributed by atoms with E-state index in [4.69, 9.17) is 11.6 Å². The molecule has 2 aliphatic rings. The van der Waals surface area contributed by atoms with Gasteiger partial charge in [-0.3, -0.25) is 9.69 Å². The summed E-state index contributed by atoms with van der Waals surface area (Å²) in [7, 11) is -3.09. The third-order valence-corrected chi connectivity index (χ3v) is 5.58. The molecule has 0 aliphatic carbocycles. The number of carbonyl (C=O) groups excluding carboxylic acids is 1. The van der Waals surface area contributed by atoms with Crippen LogP contribution in [0.25, 0.3) is 0 Å². The molecule has 2 aliphatic heterocycles. The van der Waals surface area contributed by atoms with E-state index >= 15 is 0 Å². The number of amides is 1. The normalized spacial score (nSPS) is 32.3. The van der Waals surface area contributed by atoms with Gasteiger partial charge in [-0.1, -0.05) is 0 Å². The molecule has 1 amide bonds. The second kappa shape index (κ2) is 5.73. The fourth-order valence-corrected chi connectivity index (χ4v) is 4.81. The lowest BCUT2D eigenvalue weighted by Gasteiger charge is -2.27. The van der Waals surface area contributed by atoms with Gasteiger partial charge in [-0.2, -0.15) is 0 Å². The Balaban J connectivity index is 1.80. The van der Waals surface area contributed by atoms with Crippen molar-refractivity contribution < 1.29 is 13.2 Å². The van der Waals surface area contributed by atoms with Gasteiger partial charge in [-0.05, 0) is 0 Å². The number of hydrogen-bond donors (Lipinski definition) is 2. The molecule has 2 atom stereocenters. The van der Waals surface area contributed by atoms with Crippen molar-refractivity contribution >= 4 is 27.3 Å². The first-order valence-corrected chi connectivity index (χ1v) is 8.29. The van der Waals surface area contributed by atoms with Crippen LogP contribution in [0.4, 0.5) is 0 Å². The summed E-state index contributed by atoms with van der Waals surface area (Å²) >= 11 is 5.93. The Morgan fingerprint density at radius 2 is 2.00 bits per heavy atom. The molecule has 0 aromatic heterocycles. The second-order valence-corrected chi connectivity index (χ2v) is 7.51. The molecule has 104 valence electrons. The zero-order valence-corrected chi connectivity index (χ0v) is 11.6. The van der Waals surface area contributed by atoms with Crippen LogP contribution < -0.4 is 10.6 Å². The van der Waals surface area contributed by atoms with Gasteiger partial charge in [0.25, 0.3) is 0 Å². The highest BCUT2D eigenvalue weighted by atomic mass is 35.5. The number of rotatable bonds is 3. The maximum Gasteiger partial charge on any atom is 0.234 e. The molecule has 6 nitrogen and oxygen atoms in total. The van der Waals surface area contributed by atoms with E-state index in [1.54, 1.807) is 0 Å². The van der Waals surface area contributed by atoms with E-state index in [-0.39, 0.29) is 17.4 Å². The second-order valence-electron chi connectivity index (χ2n) is 4.79. The van der Waals surface area contributed by atoms with E-state index in [1.807, 2.05) is 4.90 Å². The first kappa shape index (κ1) is 14.0. The fourth-order valence-electron chi connectivity index (χ4n) is 2.26. The third-order valence-electron chi connectivity index (χ3n) is 3.21. The van der Waals surface area contributed by atoms with Crippen molar-refractivity contribution in [2.24, 2.45) is 0 Å². The molecule has 0 bridgehead atoms. The largest absolute Gasteiger partial charge is 0.350 e. The number of nitrogens with zero attached hydrogens (tertiary/aromatic N) is 1. The summed E-state index contributed by atoms with van der Waals surface area (Å²) in [5, 5.41) is 5.41. The van der Waals surface area contributed by atoms with Crippen molar-refractivity contribution in [1.82, 2.24) is 15.5 Å². The lowest BCUT2D eigenvalue weighted by molar-refractivity contribution is -0.122. The van der Waals surface area contributed by atoms with Crippen molar-refractivity contribution in [3.63, 3.8) is 0 Å². The van der Waals surface area contributed by atoms with Crippen LogP contribution in [-0.4, -0.2) is 74.9 Å². The molecule has 2 N–H and O–H groups in total. The fraction of sp³-hybridized carbons (Fsp3) is 0.900. The Morgan fingerprint density at radius 1 is 1.33 bits per heavy atom. The van der Waals surface area contributed by atoms with Crippen molar-refractivity contribution in [3.05, 3.63) is 0 Å². The summed E-state index contributed by atoms with van der Waals surface area (Å²) in [4.78, 5) is 13.8. The van der Waals surface area contributed by atoms with Crippen molar-refractivity contribution in [1.29, 1.82) is 0 Å². The minimum Gasteiger partial charge on any atom is -0.350 e. The van der Waals surface area contributed by atoms with Gasteiger partial charge in [-0.15, -0.1) is 11.6 Å². The predicted octanol–water partition coefficient (Wildman–Crippen LogP) is -1.59. The molecule has 0 spiro atoms. The van der Waals surface area contributed by atoms with Gasteiger partial charge in [0.15, 0.2) is 9.84 Å². The Labute approximate surface area is 112 Å². The zero-order valence-electron chi connectivity index (χ0n) is 10.1. The molecular weight excluding hydrogens is 278 g/mol. The zero-order chi connectivity index (χ0) is 13.2. The molecule has 0 aromatic rings. The molecule has 8 heteroatoms. The topological polar surface area (TPSA) is 78.5 Å². The number of halogens is 1. The first-order chi connectivity index (χ1) is 8.46. The number of nitrogens with one attached hydrogen (secondary N) is 2. The highest BCUT2D eigenvalue weighted by molar-refractivity contribution is 7.91. The van der Waals surface area contributed by atoms with Crippen LogP contribution in [-0.2, 0) is 14.6 Å². The Hall–Kier alpha value is -0.370. The molecule has 0 radical (unpaired) electrons. The lowest BCUT2D eigenvalue weighted by atomic mass is 10.2. The van der Waals surface area contributed by atoms with Crippen LogP contribution in [0.3, 0.4) is 0 Å². The monoisotopic (exact) mass is 295 g/mol. The summed E-state index contributed by atoms with van der Waals surface area (Å²) in [5.74, 6) is -0.244. The quantitative estimate of drug-likeness (QED) is 0.614. The third kappa shape index (κ3) is 3.81. The minimum absolute atomic E-state index is 0.0472. The molecule has 2 saturated heterocycles. The highest BCUT2D eigenvalue weighted by Crippen LogP contribution is 2.17. The van der Waals surface area contributed by atoms with Gasteiger partial charge in [0.1, 0.15) is 0 Å². The summed E-state index contributed by atoms with van der Waals surface area (Å²) in [6, 6.07) is -0.452. The summed E-state index contributed by atoms with van der Waals surface area (Å²) in [5.41, 5.74) is 0. The van der Waals surface area contributed by atoms with Gasteiger partial charge in [0.05, 0.1) is 29.5 Å². The van der Waals surface area contributed by atoms with Gasteiger partial charge < -0.3 is 10.6 Å². The van der Waals surface area contributed by atoms with Crippen LogP contribution in [0.2, 0.25) is 0 Å². The molecule has 2 rings (SSSR count). The maximum atomic E-state index is 11.8. The van der Waals surface area contributed by atoms with Crippen LogP contribution in [0.1, 0.15) is 0 Å². The summed E-state index contributed by atoms with van der Waals surface area (Å²) < 4.78 is 22.7. The van der Waals surface area contributed by atoms with E-state index < -0.39 is 21.3 Å². The number of carbonyl (C=O) groups is 1. The van der Waals surface area contributed by atoms with Gasteiger partial charge in [0.2, 0.25) is 5.91 Å². The van der Waals surface area contributed by atoms with E-state index in [1.165, 1.54) is 0 Å². The van der Waals surface area contributed by atoms with Gasteiger partial charge >= 0.3 is 0 Å². The van der Waals surface area contributed by atoms with Gasteiger partial charge in [0, 0.05) is 26.2 Å². The van der Waals surface area contributed by atoms with E-state index in [0.717, 1.165) is 26.2 Å².